The Balaban J connectivity index is 2.15. The molecule has 23 heavy (non-hydrogen) atoms. The van der Waals surface area contributed by atoms with Crippen molar-refractivity contribution in [3.05, 3.63) is 58.4 Å². The van der Waals surface area contributed by atoms with E-state index in [1.165, 1.54) is 16.8 Å². The molecule has 1 aromatic carbocycles. The van der Waals surface area contributed by atoms with Crippen molar-refractivity contribution in [2.24, 2.45) is 0 Å². The van der Waals surface area contributed by atoms with Crippen molar-refractivity contribution >= 4 is 12.2 Å². The van der Waals surface area contributed by atoms with Gasteiger partial charge < -0.3 is 0 Å². The Morgan fingerprint density at radius 3 is 2.52 bits per heavy atom. The van der Waals surface area contributed by atoms with Crippen molar-refractivity contribution in [1.82, 2.24) is 4.68 Å². The molecule has 1 aromatic heterocycles. The molecule has 0 spiro atoms. The number of carbonyl (C=O) groups is 2. The largest absolute Gasteiger partial charge is 0.416 e. The number of nitrogens with zero attached hydrogens (tertiary/aromatic N) is 1. The van der Waals surface area contributed by atoms with Crippen molar-refractivity contribution in [2.75, 3.05) is 5.43 Å². The van der Waals surface area contributed by atoms with Crippen LogP contribution in [0.5, 0.6) is 0 Å². The number of aromatic nitrogens is 1. The lowest BCUT2D eigenvalue weighted by molar-refractivity contribution is -0.137. The first kappa shape index (κ1) is 16.8. The first-order chi connectivity index (χ1) is 10.7. The van der Waals surface area contributed by atoms with E-state index in [0.717, 1.165) is 12.1 Å². The molecule has 0 saturated heterocycles. The predicted octanol–water partition coefficient (Wildman–Crippen LogP) is 3.25. The highest BCUT2D eigenvalue weighted by Gasteiger charge is 2.30. The highest BCUT2D eigenvalue weighted by Crippen LogP contribution is 2.29. The lowest BCUT2D eigenvalue weighted by atomic mass is 10.1. The molecule has 1 heterocycles. The molecule has 0 unspecified atom stereocenters. The standard InChI is InChI=1S/C16H15F3N2O2/c1-10-6-13(9-22)11(2)21(10)20-15(23)8-12-4-3-5-14(7-12)16(17,18)19/h3-7,9H,8H2,1-2H3,(H,20,23). The minimum Gasteiger partial charge on any atom is -0.298 e. The summed E-state index contributed by atoms with van der Waals surface area (Å²) in [6.45, 7) is 3.38. The van der Waals surface area contributed by atoms with E-state index in [0.29, 0.717) is 23.2 Å². The van der Waals surface area contributed by atoms with Crippen LogP contribution in [0.15, 0.2) is 30.3 Å². The Bertz CT molecular complexity index is 748. The summed E-state index contributed by atoms with van der Waals surface area (Å²) >= 11 is 0. The average molecular weight is 324 g/mol. The molecule has 2 rings (SSSR count). The number of amides is 1. The monoisotopic (exact) mass is 324 g/mol. The molecule has 0 radical (unpaired) electrons. The molecule has 2 aromatic rings. The normalized spacial score (nSPS) is 11.3. The molecule has 0 atom stereocenters. The van der Waals surface area contributed by atoms with Gasteiger partial charge in [0.1, 0.15) is 0 Å². The van der Waals surface area contributed by atoms with Gasteiger partial charge in [-0.15, -0.1) is 0 Å². The number of alkyl halides is 3. The molecule has 0 saturated carbocycles. The zero-order valence-electron chi connectivity index (χ0n) is 12.6. The number of carbonyl (C=O) groups excluding carboxylic acids is 2. The highest BCUT2D eigenvalue weighted by molar-refractivity contribution is 5.86. The van der Waals surface area contributed by atoms with Gasteiger partial charge in [0, 0.05) is 17.0 Å². The van der Waals surface area contributed by atoms with Crippen LogP contribution < -0.4 is 5.43 Å². The topological polar surface area (TPSA) is 51.1 Å². The van der Waals surface area contributed by atoms with Crippen molar-refractivity contribution in [2.45, 2.75) is 26.4 Å². The van der Waals surface area contributed by atoms with Crippen LogP contribution >= 0.6 is 0 Å². The van der Waals surface area contributed by atoms with Gasteiger partial charge in [0.2, 0.25) is 5.91 Å². The molecular weight excluding hydrogens is 309 g/mol. The van der Waals surface area contributed by atoms with Crippen LogP contribution in [-0.2, 0) is 17.4 Å². The fourth-order valence-corrected chi connectivity index (χ4v) is 2.29. The summed E-state index contributed by atoms with van der Waals surface area (Å²) in [6, 6.07) is 6.25. The first-order valence-electron chi connectivity index (χ1n) is 6.82. The number of rotatable bonds is 4. The summed E-state index contributed by atoms with van der Waals surface area (Å²) < 4.78 is 39.4. The van der Waals surface area contributed by atoms with E-state index in [1.54, 1.807) is 19.9 Å². The minimum atomic E-state index is -4.45. The summed E-state index contributed by atoms with van der Waals surface area (Å²) in [5.41, 5.74) is 3.71. The zero-order valence-corrected chi connectivity index (χ0v) is 12.6. The number of aryl methyl sites for hydroxylation is 1. The van der Waals surface area contributed by atoms with Gasteiger partial charge in [-0.25, -0.2) is 0 Å². The van der Waals surface area contributed by atoms with E-state index >= 15 is 0 Å². The Labute approximate surface area is 130 Å². The number of halogens is 3. The third-order valence-corrected chi connectivity index (χ3v) is 3.45. The van der Waals surface area contributed by atoms with Crippen LogP contribution in [-0.4, -0.2) is 16.9 Å². The van der Waals surface area contributed by atoms with E-state index < -0.39 is 17.6 Å². The molecule has 0 aliphatic carbocycles. The molecule has 122 valence electrons. The maximum Gasteiger partial charge on any atom is 0.416 e. The maximum atomic E-state index is 12.7. The van der Waals surface area contributed by atoms with Crippen LogP contribution in [0.25, 0.3) is 0 Å². The molecule has 0 fully saturated rings. The lowest BCUT2D eigenvalue weighted by Crippen LogP contribution is -2.26. The van der Waals surface area contributed by atoms with Crippen LogP contribution in [0.3, 0.4) is 0 Å². The van der Waals surface area contributed by atoms with Gasteiger partial charge >= 0.3 is 6.18 Å². The summed E-state index contributed by atoms with van der Waals surface area (Å²) in [4.78, 5) is 22.9. The average Bonchev–Trinajstić information content (AvgIpc) is 2.74. The van der Waals surface area contributed by atoms with Gasteiger partial charge in [-0.1, -0.05) is 18.2 Å². The number of nitrogens with one attached hydrogen (secondary N) is 1. The van der Waals surface area contributed by atoms with Crippen LogP contribution in [0.1, 0.15) is 32.9 Å². The van der Waals surface area contributed by atoms with Crippen molar-refractivity contribution in [3.8, 4) is 0 Å². The second-order valence-electron chi connectivity index (χ2n) is 5.19. The Morgan fingerprint density at radius 1 is 1.26 bits per heavy atom. The number of hydrogen-bond donors (Lipinski definition) is 1. The molecular formula is C16H15F3N2O2. The smallest absolute Gasteiger partial charge is 0.298 e. The minimum absolute atomic E-state index is 0.197. The Morgan fingerprint density at radius 2 is 1.96 bits per heavy atom. The maximum absolute atomic E-state index is 12.7. The van der Waals surface area contributed by atoms with Gasteiger partial charge in [0.25, 0.3) is 0 Å². The molecule has 0 bridgehead atoms. The SMILES string of the molecule is Cc1cc(C=O)c(C)n1NC(=O)Cc1cccc(C(F)(F)F)c1. The summed E-state index contributed by atoms with van der Waals surface area (Å²) in [5.74, 6) is -0.469. The third-order valence-electron chi connectivity index (χ3n) is 3.45. The van der Waals surface area contributed by atoms with Gasteiger partial charge in [0.05, 0.1) is 12.0 Å². The summed E-state index contributed by atoms with van der Waals surface area (Å²) in [6.07, 6.45) is -3.96. The van der Waals surface area contributed by atoms with E-state index in [2.05, 4.69) is 5.43 Å². The molecule has 0 aliphatic heterocycles. The van der Waals surface area contributed by atoms with Crippen molar-refractivity contribution in [1.29, 1.82) is 0 Å². The lowest BCUT2D eigenvalue weighted by Gasteiger charge is -2.12. The van der Waals surface area contributed by atoms with Crippen molar-refractivity contribution < 1.29 is 22.8 Å². The molecule has 7 heteroatoms. The quantitative estimate of drug-likeness (QED) is 0.878. The zero-order chi connectivity index (χ0) is 17.2. The van der Waals surface area contributed by atoms with Gasteiger partial charge in [-0.05, 0) is 31.5 Å². The second kappa shape index (κ2) is 6.28. The fourth-order valence-electron chi connectivity index (χ4n) is 2.29. The molecule has 1 amide bonds. The number of aldehydes is 1. The van der Waals surface area contributed by atoms with Crippen molar-refractivity contribution in [3.63, 3.8) is 0 Å². The van der Waals surface area contributed by atoms with E-state index in [9.17, 15) is 22.8 Å². The number of hydrogen-bond acceptors (Lipinski definition) is 2. The Kier molecular flexibility index (Phi) is 4.58. The Hall–Kier alpha value is -2.57. The van der Waals surface area contributed by atoms with Gasteiger partial charge in [-0.2, -0.15) is 13.2 Å². The van der Waals surface area contributed by atoms with Gasteiger partial charge in [0.15, 0.2) is 6.29 Å². The fraction of sp³-hybridized carbons (Fsp3) is 0.250. The van der Waals surface area contributed by atoms with E-state index in [-0.39, 0.29) is 12.0 Å². The summed E-state index contributed by atoms with van der Waals surface area (Å²) in [5, 5.41) is 0. The van der Waals surface area contributed by atoms with Crippen LogP contribution in [0.4, 0.5) is 13.2 Å². The highest BCUT2D eigenvalue weighted by atomic mass is 19.4. The predicted molar refractivity (Wildman–Crippen MR) is 78.8 cm³/mol. The molecule has 0 aliphatic rings. The number of benzene rings is 1. The van der Waals surface area contributed by atoms with Crippen LogP contribution in [0, 0.1) is 13.8 Å². The van der Waals surface area contributed by atoms with E-state index in [4.69, 9.17) is 0 Å². The van der Waals surface area contributed by atoms with E-state index in [1.807, 2.05) is 0 Å². The summed E-state index contributed by atoms with van der Waals surface area (Å²) in [7, 11) is 0. The first-order valence-corrected chi connectivity index (χ1v) is 6.82. The molecule has 4 nitrogen and oxygen atoms in total. The second-order valence-corrected chi connectivity index (χ2v) is 5.19. The third kappa shape index (κ3) is 3.80. The van der Waals surface area contributed by atoms with Gasteiger partial charge in [-0.3, -0.25) is 19.7 Å². The molecule has 1 N–H and O–H groups in total. The van der Waals surface area contributed by atoms with Crippen LogP contribution in [0.2, 0.25) is 0 Å².